The van der Waals surface area contributed by atoms with Crippen LogP contribution < -0.4 is 10.5 Å². The lowest BCUT2D eigenvalue weighted by atomic mass is 9.99. The van der Waals surface area contributed by atoms with Gasteiger partial charge in [-0.2, -0.15) is 0 Å². The quantitative estimate of drug-likeness (QED) is 0.850. The van der Waals surface area contributed by atoms with Crippen LogP contribution in [0, 0.1) is 12.8 Å². The van der Waals surface area contributed by atoms with Gasteiger partial charge in [-0.05, 0) is 25.7 Å². The molecule has 1 fully saturated rings. The Hall–Kier alpha value is -1.36. The number of ether oxygens (including phenoxy) is 1. The van der Waals surface area contributed by atoms with Gasteiger partial charge in [0.15, 0.2) is 0 Å². The lowest BCUT2D eigenvalue weighted by Crippen LogP contribution is -2.38. The molecule has 0 aromatic carbocycles. The minimum absolute atomic E-state index is 0.0821. The summed E-state index contributed by atoms with van der Waals surface area (Å²) in [6.07, 6.45) is 2.31. The molecule has 5 nitrogen and oxygen atoms in total. The van der Waals surface area contributed by atoms with E-state index < -0.39 is 0 Å². The first-order valence-electron chi connectivity index (χ1n) is 6.01. The zero-order valence-electron chi connectivity index (χ0n) is 10.4. The van der Waals surface area contributed by atoms with E-state index in [0.29, 0.717) is 11.7 Å². The van der Waals surface area contributed by atoms with Crippen LogP contribution in [0.1, 0.15) is 18.7 Å². The average Bonchev–Trinajstić information content (AvgIpc) is 2.28. The van der Waals surface area contributed by atoms with Crippen LogP contribution in [-0.2, 0) is 4.74 Å². The number of hydrogen-bond donors (Lipinski definition) is 1. The maximum absolute atomic E-state index is 11.4. The first-order valence-corrected chi connectivity index (χ1v) is 6.01. The van der Waals surface area contributed by atoms with Gasteiger partial charge in [-0.3, -0.25) is 4.79 Å². The minimum Gasteiger partial charge on any atom is -0.384 e. The van der Waals surface area contributed by atoms with Crippen molar-refractivity contribution >= 4 is 5.82 Å². The summed E-state index contributed by atoms with van der Waals surface area (Å²) in [6.45, 7) is 4.47. The summed E-state index contributed by atoms with van der Waals surface area (Å²) in [6, 6.07) is 1.57. The van der Waals surface area contributed by atoms with E-state index in [2.05, 4.69) is 14.9 Å². The second-order valence-electron chi connectivity index (χ2n) is 4.60. The van der Waals surface area contributed by atoms with Gasteiger partial charge in [0, 0.05) is 26.3 Å². The van der Waals surface area contributed by atoms with Crippen molar-refractivity contribution in [2.45, 2.75) is 19.8 Å². The zero-order chi connectivity index (χ0) is 12.3. The SMILES string of the molecule is COCC1CCCN(c2cc(=O)[nH]c(C)n2)C1. The molecule has 2 heterocycles. The molecule has 0 bridgehead atoms. The highest BCUT2D eigenvalue weighted by atomic mass is 16.5. The number of hydrogen-bond acceptors (Lipinski definition) is 4. The molecule has 1 saturated heterocycles. The number of methoxy groups -OCH3 is 1. The molecule has 0 amide bonds. The van der Waals surface area contributed by atoms with Crippen LogP contribution in [0.5, 0.6) is 0 Å². The molecular weight excluding hydrogens is 218 g/mol. The summed E-state index contributed by atoms with van der Waals surface area (Å²) in [7, 11) is 1.73. The highest BCUT2D eigenvalue weighted by Gasteiger charge is 2.21. The van der Waals surface area contributed by atoms with Crippen LogP contribution in [0.4, 0.5) is 5.82 Å². The molecule has 1 unspecified atom stereocenters. The number of nitrogens with zero attached hydrogens (tertiary/aromatic N) is 2. The fourth-order valence-corrected chi connectivity index (χ4v) is 2.37. The van der Waals surface area contributed by atoms with E-state index >= 15 is 0 Å². The highest BCUT2D eigenvalue weighted by Crippen LogP contribution is 2.20. The van der Waals surface area contributed by atoms with E-state index in [1.807, 2.05) is 6.92 Å². The van der Waals surface area contributed by atoms with Crippen LogP contribution in [0.2, 0.25) is 0 Å². The molecular formula is C12H19N3O2. The molecule has 2 rings (SSSR count). The van der Waals surface area contributed by atoms with Crippen molar-refractivity contribution in [3.63, 3.8) is 0 Å². The molecule has 1 aromatic rings. The first-order chi connectivity index (χ1) is 8.19. The Morgan fingerprint density at radius 1 is 1.65 bits per heavy atom. The predicted octanol–water partition coefficient (Wildman–Crippen LogP) is 0.941. The van der Waals surface area contributed by atoms with Crippen LogP contribution in [-0.4, -0.2) is 36.8 Å². The van der Waals surface area contributed by atoms with Crippen LogP contribution in [0.15, 0.2) is 10.9 Å². The smallest absolute Gasteiger partial charge is 0.252 e. The van der Waals surface area contributed by atoms with Crippen molar-refractivity contribution in [1.82, 2.24) is 9.97 Å². The first kappa shape index (κ1) is 12.1. The Balaban J connectivity index is 2.13. The molecule has 0 saturated carbocycles. The average molecular weight is 237 g/mol. The predicted molar refractivity (Wildman–Crippen MR) is 66.4 cm³/mol. The van der Waals surface area contributed by atoms with Crippen LogP contribution in [0.25, 0.3) is 0 Å². The third kappa shape index (κ3) is 3.06. The topological polar surface area (TPSA) is 58.2 Å². The van der Waals surface area contributed by atoms with Crippen molar-refractivity contribution in [3.8, 4) is 0 Å². The van der Waals surface area contributed by atoms with Gasteiger partial charge in [0.2, 0.25) is 0 Å². The van der Waals surface area contributed by atoms with E-state index in [9.17, 15) is 4.79 Å². The van der Waals surface area contributed by atoms with E-state index in [0.717, 1.165) is 31.9 Å². The van der Waals surface area contributed by atoms with Crippen molar-refractivity contribution < 1.29 is 4.74 Å². The summed E-state index contributed by atoms with van der Waals surface area (Å²) in [5.74, 6) is 1.99. The molecule has 1 atom stereocenters. The number of aryl methyl sites for hydroxylation is 1. The lowest BCUT2D eigenvalue weighted by Gasteiger charge is -2.33. The molecule has 1 N–H and O–H groups in total. The number of aromatic amines is 1. The van der Waals surface area contributed by atoms with Gasteiger partial charge in [0.1, 0.15) is 11.6 Å². The Labute approximate surface area is 101 Å². The third-order valence-electron chi connectivity index (χ3n) is 3.09. The fraction of sp³-hybridized carbons (Fsp3) is 0.667. The van der Waals surface area contributed by atoms with Gasteiger partial charge in [-0.25, -0.2) is 4.98 Å². The van der Waals surface area contributed by atoms with Gasteiger partial charge in [0.25, 0.3) is 5.56 Å². The van der Waals surface area contributed by atoms with Crippen LogP contribution >= 0.6 is 0 Å². The molecule has 94 valence electrons. The van der Waals surface area contributed by atoms with Crippen molar-refractivity contribution in [3.05, 3.63) is 22.2 Å². The fourth-order valence-electron chi connectivity index (χ4n) is 2.37. The highest BCUT2D eigenvalue weighted by molar-refractivity contribution is 5.37. The zero-order valence-corrected chi connectivity index (χ0v) is 10.4. The van der Waals surface area contributed by atoms with Crippen LogP contribution in [0.3, 0.4) is 0 Å². The molecule has 0 aliphatic carbocycles. The van der Waals surface area contributed by atoms with Gasteiger partial charge in [-0.1, -0.05) is 0 Å². The number of rotatable bonds is 3. The number of aromatic nitrogens is 2. The molecule has 0 radical (unpaired) electrons. The summed E-state index contributed by atoms with van der Waals surface area (Å²) < 4.78 is 5.20. The molecule has 0 spiro atoms. The largest absolute Gasteiger partial charge is 0.384 e. The van der Waals surface area contributed by atoms with Gasteiger partial charge >= 0.3 is 0 Å². The maximum Gasteiger partial charge on any atom is 0.252 e. The Bertz CT molecular complexity index is 428. The molecule has 1 aliphatic rings. The number of anilines is 1. The summed E-state index contributed by atoms with van der Waals surface area (Å²) in [5.41, 5.74) is -0.0821. The van der Waals surface area contributed by atoms with E-state index in [1.165, 1.54) is 6.42 Å². The number of nitrogens with one attached hydrogen (secondary N) is 1. The van der Waals surface area contributed by atoms with Gasteiger partial charge in [0.05, 0.1) is 6.61 Å². The standard InChI is InChI=1S/C12H19N3O2/c1-9-13-11(6-12(16)14-9)15-5-3-4-10(7-15)8-17-2/h6,10H,3-5,7-8H2,1-2H3,(H,13,14,16). The lowest BCUT2D eigenvalue weighted by molar-refractivity contribution is 0.143. The summed E-state index contributed by atoms with van der Waals surface area (Å²) >= 11 is 0. The number of H-pyrrole nitrogens is 1. The Morgan fingerprint density at radius 2 is 2.47 bits per heavy atom. The third-order valence-corrected chi connectivity index (χ3v) is 3.09. The van der Waals surface area contributed by atoms with E-state index in [1.54, 1.807) is 13.2 Å². The molecule has 5 heteroatoms. The van der Waals surface area contributed by atoms with Gasteiger partial charge in [-0.15, -0.1) is 0 Å². The molecule has 1 aromatic heterocycles. The summed E-state index contributed by atoms with van der Waals surface area (Å²) in [5, 5.41) is 0. The summed E-state index contributed by atoms with van der Waals surface area (Å²) in [4.78, 5) is 20.6. The normalized spacial score (nSPS) is 20.6. The molecule has 17 heavy (non-hydrogen) atoms. The van der Waals surface area contributed by atoms with E-state index in [4.69, 9.17) is 4.74 Å². The van der Waals surface area contributed by atoms with E-state index in [-0.39, 0.29) is 5.56 Å². The van der Waals surface area contributed by atoms with Crippen molar-refractivity contribution in [1.29, 1.82) is 0 Å². The van der Waals surface area contributed by atoms with Crippen molar-refractivity contribution in [2.24, 2.45) is 5.92 Å². The second kappa shape index (κ2) is 5.31. The van der Waals surface area contributed by atoms with Gasteiger partial charge < -0.3 is 14.6 Å². The maximum atomic E-state index is 11.4. The minimum atomic E-state index is -0.0821. The Kier molecular flexibility index (Phi) is 3.78. The Morgan fingerprint density at radius 3 is 3.18 bits per heavy atom. The number of piperidine rings is 1. The monoisotopic (exact) mass is 237 g/mol. The van der Waals surface area contributed by atoms with Crippen molar-refractivity contribution in [2.75, 3.05) is 31.7 Å². The molecule has 1 aliphatic heterocycles. The second-order valence-corrected chi connectivity index (χ2v) is 4.60.